The van der Waals surface area contributed by atoms with Gasteiger partial charge in [-0.15, -0.1) is 0 Å². The van der Waals surface area contributed by atoms with Gasteiger partial charge in [-0.25, -0.2) is 0 Å². The molecule has 0 fully saturated rings. The minimum atomic E-state index is -0.434. The lowest BCUT2D eigenvalue weighted by Crippen LogP contribution is -1.98. The molecule has 0 saturated heterocycles. The summed E-state index contributed by atoms with van der Waals surface area (Å²) in [5.74, 6) is 0.702. The third-order valence-electron chi connectivity index (χ3n) is 2.17. The van der Waals surface area contributed by atoms with Crippen LogP contribution in [0.1, 0.15) is 5.76 Å². The molecule has 17 heavy (non-hydrogen) atoms. The lowest BCUT2D eigenvalue weighted by atomic mass is 10.3. The maximum Gasteiger partial charge on any atom is 0.269 e. The average molecular weight is 253 g/mol. The fraction of sp³-hybridized carbons (Fsp3) is 0.0909. The van der Waals surface area contributed by atoms with E-state index in [1.165, 1.54) is 12.1 Å². The van der Waals surface area contributed by atoms with Crippen molar-refractivity contribution in [2.45, 2.75) is 6.54 Å². The molecule has 2 aromatic rings. The van der Waals surface area contributed by atoms with E-state index in [-0.39, 0.29) is 5.69 Å². The molecule has 88 valence electrons. The van der Waals surface area contributed by atoms with Gasteiger partial charge in [-0.3, -0.25) is 10.1 Å². The molecule has 5 nitrogen and oxygen atoms in total. The van der Waals surface area contributed by atoms with Crippen LogP contribution >= 0.6 is 11.6 Å². The molecule has 1 heterocycles. The minimum Gasteiger partial charge on any atom is -0.448 e. The first-order valence-electron chi connectivity index (χ1n) is 4.88. The van der Waals surface area contributed by atoms with Gasteiger partial charge in [-0.2, -0.15) is 0 Å². The van der Waals surface area contributed by atoms with Crippen molar-refractivity contribution in [3.63, 3.8) is 0 Å². The van der Waals surface area contributed by atoms with Gasteiger partial charge >= 0.3 is 0 Å². The second-order valence-corrected chi connectivity index (χ2v) is 3.74. The SMILES string of the molecule is O=[N+]([O-])c1ccc(NCc2ccc(Cl)o2)cc1. The molecule has 1 N–H and O–H groups in total. The summed E-state index contributed by atoms with van der Waals surface area (Å²) in [6.45, 7) is 0.477. The lowest BCUT2D eigenvalue weighted by molar-refractivity contribution is -0.384. The van der Waals surface area contributed by atoms with Gasteiger partial charge in [0.2, 0.25) is 0 Å². The van der Waals surface area contributed by atoms with Gasteiger partial charge in [0.1, 0.15) is 5.76 Å². The predicted octanol–water partition coefficient (Wildman–Crippen LogP) is 3.45. The van der Waals surface area contributed by atoms with E-state index in [9.17, 15) is 10.1 Å². The Morgan fingerprint density at radius 3 is 2.47 bits per heavy atom. The Balaban J connectivity index is 1.97. The van der Waals surface area contributed by atoms with E-state index < -0.39 is 4.92 Å². The summed E-state index contributed by atoms with van der Waals surface area (Å²) in [5.41, 5.74) is 0.847. The number of hydrogen-bond acceptors (Lipinski definition) is 4. The number of rotatable bonds is 4. The number of non-ortho nitro benzene ring substituents is 1. The fourth-order valence-electron chi connectivity index (χ4n) is 1.34. The number of anilines is 1. The van der Waals surface area contributed by atoms with Crippen molar-refractivity contribution >= 4 is 23.0 Å². The van der Waals surface area contributed by atoms with Gasteiger partial charge < -0.3 is 9.73 Å². The lowest BCUT2D eigenvalue weighted by Gasteiger charge is -2.03. The Morgan fingerprint density at radius 1 is 1.24 bits per heavy atom. The predicted molar refractivity (Wildman–Crippen MR) is 64.1 cm³/mol. The number of halogens is 1. The van der Waals surface area contributed by atoms with E-state index in [0.717, 1.165) is 5.69 Å². The zero-order valence-corrected chi connectivity index (χ0v) is 9.48. The van der Waals surface area contributed by atoms with Crippen molar-refractivity contribution < 1.29 is 9.34 Å². The first-order valence-corrected chi connectivity index (χ1v) is 5.25. The van der Waals surface area contributed by atoms with Gasteiger partial charge in [0, 0.05) is 17.8 Å². The van der Waals surface area contributed by atoms with Gasteiger partial charge in [0.25, 0.3) is 5.69 Å². The Bertz CT molecular complexity index is 522. The number of nitrogens with one attached hydrogen (secondary N) is 1. The molecule has 2 rings (SSSR count). The molecule has 0 amide bonds. The van der Waals surface area contributed by atoms with Crippen LogP contribution in [0.15, 0.2) is 40.8 Å². The van der Waals surface area contributed by atoms with E-state index >= 15 is 0 Å². The highest BCUT2D eigenvalue weighted by atomic mass is 35.5. The van der Waals surface area contributed by atoms with Gasteiger partial charge in [-0.05, 0) is 35.9 Å². The molecule has 0 spiro atoms. The molecule has 0 atom stereocenters. The van der Waals surface area contributed by atoms with Crippen LogP contribution < -0.4 is 5.32 Å². The highest BCUT2D eigenvalue weighted by Gasteiger charge is 2.04. The van der Waals surface area contributed by atoms with E-state index in [1.54, 1.807) is 24.3 Å². The normalized spacial score (nSPS) is 10.2. The molecular formula is C11H9ClN2O3. The Kier molecular flexibility index (Phi) is 3.30. The second-order valence-electron chi connectivity index (χ2n) is 3.36. The topological polar surface area (TPSA) is 68.3 Å². The van der Waals surface area contributed by atoms with Crippen LogP contribution in [0.2, 0.25) is 5.22 Å². The van der Waals surface area contributed by atoms with Crippen molar-refractivity contribution in [1.29, 1.82) is 0 Å². The number of benzene rings is 1. The van der Waals surface area contributed by atoms with Crippen LogP contribution in [0, 0.1) is 10.1 Å². The van der Waals surface area contributed by atoms with Gasteiger partial charge in [-0.1, -0.05) is 0 Å². The smallest absolute Gasteiger partial charge is 0.269 e. The van der Waals surface area contributed by atoms with E-state index in [4.69, 9.17) is 16.0 Å². The Hall–Kier alpha value is -2.01. The standard InChI is InChI=1S/C11H9ClN2O3/c12-11-6-5-10(17-11)7-13-8-1-3-9(4-2-8)14(15)16/h1-6,13H,7H2. The summed E-state index contributed by atoms with van der Waals surface area (Å²) in [6, 6.07) is 9.59. The zero-order valence-electron chi connectivity index (χ0n) is 8.72. The molecule has 0 aliphatic rings. The van der Waals surface area contributed by atoms with Crippen LogP contribution in [0.3, 0.4) is 0 Å². The van der Waals surface area contributed by atoms with Crippen molar-refractivity contribution in [3.8, 4) is 0 Å². The molecule has 6 heteroatoms. The number of nitrogens with zero attached hydrogens (tertiary/aromatic N) is 1. The quantitative estimate of drug-likeness (QED) is 0.668. The zero-order chi connectivity index (χ0) is 12.3. The van der Waals surface area contributed by atoms with E-state index in [2.05, 4.69) is 5.32 Å². The number of nitro groups is 1. The summed E-state index contributed by atoms with van der Waals surface area (Å²) in [6.07, 6.45) is 0. The third-order valence-corrected chi connectivity index (χ3v) is 2.38. The van der Waals surface area contributed by atoms with Crippen molar-refractivity contribution in [3.05, 3.63) is 57.5 Å². The largest absolute Gasteiger partial charge is 0.448 e. The molecule has 0 unspecified atom stereocenters. The van der Waals surface area contributed by atoms with Crippen molar-refractivity contribution in [1.82, 2.24) is 0 Å². The van der Waals surface area contributed by atoms with Gasteiger partial charge in [0.05, 0.1) is 11.5 Å². The molecule has 0 radical (unpaired) electrons. The first kappa shape index (κ1) is 11.5. The minimum absolute atomic E-state index is 0.0663. The summed E-state index contributed by atoms with van der Waals surface area (Å²) in [7, 11) is 0. The van der Waals surface area contributed by atoms with Crippen LogP contribution in [-0.4, -0.2) is 4.92 Å². The highest BCUT2D eigenvalue weighted by Crippen LogP contribution is 2.17. The molecule has 0 saturated carbocycles. The molecular weight excluding hydrogens is 244 g/mol. The van der Waals surface area contributed by atoms with Crippen LogP contribution in [0.25, 0.3) is 0 Å². The van der Waals surface area contributed by atoms with E-state index in [0.29, 0.717) is 17.5 Å². The molecule has 1 aromatic carbocycles. The summed E-state index contributed by atoms with van der Waals surface area (Å²) < 4.78 is 5.16. The maximum absolute atomic E-state index is 10.4. The first-order chi connectivity index (χ1) is 8.15. The molecule has 0 bridgehead atoms. The van der Waals surface area contributed by atoms with E-state index in [1.807, 2.05) is 0 Å². The highest BCUT2D eigenvalue weighted by molar-refractivity contribution is 6.28. The van der Waals surface area contributed by atoms with Crippen LogP contribution in [-0.2, 0) is 6.54 Å². The number of furan rings is 1. The van der Waals surface area contributed by atoms with Crippen molar-refractivity contribution in [2.75, 3.05) is 5.32 Å². The van der Waals surface area contributed by atoms with Crippen LogP contribution in [0.4, 0.5) is 11.4 Å². The Labute approximate surface area is 102 Å². The fourth-order valence-corrected chi connectivity index (χ4v) is 1.50. The number of hydrogen-bond donors (Lipinski definition) is 1. The van der Waals surface area contributed by atoms with Crippen LogP contribution in [0.5, 0.6) is 0 Å². The molecule has 0 aliphatic heterocycles. The summed E-state index contributed by atoms with van der Waals surface area (Å²) >= 11 is 5.63. The van der Waals surface area contributed by atoms with Gasteiger partial charge in [0.15, 0.2) is 5.22 Å². The van der Waals surface area contributed by atoms with Crippen molar-refractivity contribution in [2.24, 2.45) is 0 Å². The summed E-state index contributed by atoms with van der Waals surface area (Å²) in [4.78, 5) is 10.0. The third kappa shape index (κ3) is 2.98. The maximum atomic E-state index is 10.4. The monoisotopic (exact) mass is 252 g/mol. The number of nitro benzene ring substituents is 1. The second kappa shape index (κ2) is 4.88. The molecule has 0 aliphatic carbocycles. The summed E-state index contributed by atoms with van der Waals surface area (Å²) in [5, 5.41) is 13.9. The Morgan fingerprint density at radius 2 is 1.94 bits per heavy atom. The molecule has 1 aromatic heterocycles. The average Bonchev–Trinajstić information content (AvgIpc) is 2.73.